The lowest BCUT2D eigenvalue weighted by Crippen LogP contribution is -2.22. The number of hydrogen-bond donors (Lipinski definition) is 1. The molecule has 3 aromatic rings. The predicted molar refractivity (Wildman–Crippen MR) is 113 cm³/mol. The molecule has 0 aromatic carbocycles. The lowest BCUT2D eigenvalue weighted by atomic mass is 10.1. The Morgan fingerprint density at radius 2 is 1.90 bits per heavy atom. The van der Waals surface area contributed by atoms with Gasteiger partial charge in [-0.1, -0.05) is 13.0 Å². The number of nitrogens with one attached hydrogen (secondary N) is 1. The van der Waals surface area contributed by atoms with Crippen molar-refractivity contribution >= 4 is 39.8 Å². The third-order valence-corrected chi connectivity index (χ3v) is 5.89. The molecular weight excluding hydrogens is 406 g/mol. The Hall–Kier alpha value is -3.20. The number of aromatic nitrogens is 2. The number of amides is 1. The second-order valence-electron chi connectivity index (χ2n) is 6.57. The summed E-state index contributed by atoms with van der Waals surface area (Å²) in [6, 6.07) is 5.51. The van der Waals surface area contributed by atoms with Crippen LogP contribution in [0.4, 0.5) is 5.00 Å². The van der Waals surface area contributed by atoms with E-state index in [0.29, 0.717) is 16.2 Å². The highest BCUT2D eigenvalue weighted by atomic mass is 32.1. The van der Waals surface area contributed by atoms with E-state index in [2.05, 4.69) is 10.3 Å². The maximum Gasteiger partial charge on any atom is 0.359 e. The largest absolute Gasteiger partial charge is 0.462 e. The van der Waals surface area contributed by atoms with Crippen LogP contribution in [-0.2, 0) is 20.7 Å². The van der Waals surface area contributed by atoms with Gasteiger partial charge in [-0.05, 0) is 44.9 Å². The highest BCUT2D eigenvalue weighted by Crippen LogP contribution is 2.34. The molecule has 9 heteroatoms. The van der Waals surface area contributed by atoms with Gasteiger partial charge < -0.3 is 19.2 Å². The number of carbonyl (C=O) groups is 3. The van der Waals surface area contributed by atoms with Crippen LogP contribution in [0.2, 0.25) is 0 Å². The van der Waals surface area contributed by atoms with Crippen LogP contribution in [0, 0.1) is 13.8 Å². The van der Waals surface area contributed by atoms with Gasteiger partial charge in [0.25, 0.3) is 5.91 Å². The first-order valence-corrected chi connectivity index (χ1v) is 10.4. The number of aryl methyl sites for hydroxylation is 2. The summed E-state index contributed by atoms with van der Waals surface area (Å²) in [6.07, 6.45) is 2.29. The van der Waals surface area contributed by atoms with Crippen LogP contribution < -0.4 is 5.32 Å². The topological polar surface area (TPSA) is 99.0 Å². The number of esters is 2. The first-order valence-electron chi connectivity index (χ1n) is 9.56. The Labute approximate surface area is 177 Å². The summed E-state index contributed by atoms with van der Waals surface area (Å²) in [5.41, 5.74) is 2.78. The molecule has 1 N–H and O–H groups in total. The van der Waals surface area contributed by atoms with E-state index in [1.807, 2.05) is 32.9 Å². The predicted octanol–water partition coefficient (Wildman–Crippen LogP) is 3.55. The fourth-order valence-corrected chi connectivity index (χ4v) is 4.20. The van der Waals surface area contributed by atoms with Crippen LogP contribution in [-0.4, -0.2) is 40.4 Å². The van der Waals surface area contributed by atoms with Gasteiger partial charge >= 0.3 is 11.9 Å². The summed E-state index contributed by atoms with van der Waals surface area (Å²) in [7, 11) is 0. The molecule has 0 unspecified atom stereocenters. The molecule has 0 saturated heterocycles. The number of hydrogen-bond acceptors (Lipinski definition) is 7. The molecule has 8 nitrogen and oxygen atoms in total. The number of nitrogens with zero attached hydrogens (tertiary/aromatic N) is 2. The summed E-state index contributed by atoms with van der Waals surface area (Å²) in [5, 5.41) is 3.06. The van der Waals surface area contributed by atoms with Crippen molar-refractivity contribution in [2.45, 2.75) is 34.1 Å². The van der Waals surface area contributed by atoms with E-state index in [9.17, 15) is 14.4 Å². The summed E-state index contributed by atoms with van der Waals surface area (Å²) < 4.78 is 12.0. The van der Waals surface area contributed by atoms with Crippen molar-refractivity contribution in [1.82, 2.24) is 9.38 Å². The zero-order valence-corrected chi connectivity index (χ0v) is 18.1. The fourth-order valence-electron chi connectivity index (χ4n) is 3.05. The van der Waals surface area contributed by atoms with Crippen molar-refractivity contribution in [3.05, 3.63) is 51.8 Å². The summed E-state index contributed by atoms with van der Waals surface area (Å²) in [4.78, 5) is 42.1. The molecule has 0 aliphatic carbocycles. The smallest absolute Gasteiger partial charge is 0.359 e. The average molecular weight is 429 g/mol. The maximum atomic E-state index is 12.4. The van der Waals surface area contributed by atoms with Gasteiger partial charge in [0.1, 0.15) is 10.6 Å². The number of carbonyl (C=O) groups excluding carboxylic acids is 3. The van der Waals surface area contributed by atoms with Crippen LogP contribution in [0.25, 0.3) is 5.65 Å². The third kappa shape index (κ3) is 4.35. The molecule has 158 valence electrons. The Bertz CT molecular complexity index is 1120. The van der Waals surface area contributed by atoms with Crippen LogP contribution in [0.1, 0.15) is 50.8 Å². The number of fused-ring (bicyclic) bond motifs is 1. The number of anilines is 1. The molecule has 0 spiro atoms. The minimum absolute atomic E-state index is 0.115. The van der Waals surface area contributed by atoms with E-state index in [0.717, 1.165) is 22.6 Å². The van der Waals surface area contributed by atoms with E-state index < -0.39 is 24.5 Å². The van der Waals surface area contributed by atoms with E-state index in [1.165, 1.54) is 11.3 Å². The van der Waals surface area contributed by atoms with Gasteiger partial charge in [-0.2, -0.15) is 0 Å². The van der Waals surface area contributed by atoms with Gasteiger partial charge in [-0.25, -0.2) is 14.6 Å². The Kier molecular flexibility index (Phi) is 6.51. The van der Waals surface area contributed by atoms with Gasteiger partial charge in [0.05, 0.1) is 12.2 Å². The maximum absolute atomic E-state index is 12.4. The molecule has 0 aliphatic heterocycles. The number of pyridine rings is 1. The summed E-state index contributed by atoms with van der Waals surface area (Å²) in [6.45, 7) is 7.15. The minimum atomic E-state index is -0.699. The van der Waals surface area contributed by atoms with Gasteiger partial charge in [0.15, 0.2) is 12.3 Å². The molecule has 0 bridgehead atoms. The lowest BCUT2D eigenvalue weighted by molar-refractivity contribution is -0.119. The molecule has 0 fully saturated rings. The number of thiophene rings is 1. The third-order valence-electron chi connectivity index (χ3n) is 4.54. The van der Waals surface area contributed by atoms with E-state index in [-0.39, 0.29) is 12.3 Å². The van der Waals surface area contributed by atoms with Crippen molar-refractivity contribution in [1.29, 1.82) is 0 Å². The Balaban J connectivity index is 1.69. The molecule has 0 atom stereocenters. The number of rotatable bonds is 7. The summed E-state index contributed by atoms with van der Waals surface area (Å²) >= 11 is 1.31. The van der Waals surface area contributed by atoms with Crippen molar-refractivity contribution in [2.24, 2.45) is 0 Å². The second kappa shape index (κ2) is 9.08. The van der Waals surface area contributed by atoms with Gasteiger partial charge in [0, 0.05) is 16.8 Å². The molecular formula is C21H23N3O5S. The molecule has 30 heavy (non-hydrogen) atoms. The van der Waals surface area contributed by atoms with Crippen LogP contribution in [0.15, 0.2) is 24.4 Å². The molecule has 3 rings (SSSR count). The minimum Gasteiger partial charge on any atom is -0.462 e. The zero-order chi connectivity index (χ0) is 21.8. The molecule has 0 saturated carbocycles. The van der Waals surface area contributed by atoms with E-state index >= 15 is 0 Å². The molecule has 0 aliphatic rings. The van der Waals surface area contributed by atoms with Gasteiger partial charge in [0.2, 0.25) is 0 Å². The lowest BCUT2D eigenvalue weighted by Gasteiger charge is -2.07. The zero-order valence-electron chi connectivity index (χ0n) is 17.3. The Morgan fingerprint density at radius 3 is 2.57 bits per heavy atom. The normalized spacial score (nSPS) is 10.8. The van der Waals surface area contributed by atoms with E-state index in [4.69, 9.17) is 9.47 Å². The SMILES string of the molecule is CCOC(=O)c1c(NC(=O)COC(=O)c2cn3c(C)cccc3n2)sc(CC)c1C. The standard InChI is InChI=1S/C21H23N3O5S/c1-5-15-13(4)18(21(27)28-6-2)19(30-15)23-17(25)11-29-20(26)14-10-24-12(3)8-7-9-16(24)22-14/h7-10H,5-6,11H2,1-4H3,(H,23,25). The van der Waals surface area contributed by atoms with Crippen molar-refractivity contribution in [3.63, 3.8) is 0 Å². The number of ether oxygens (including phenoxy) is 2. The summed E-state index contributed by atoms with van der Waals surface area (Å²) in [5.74, 6) is -1.73. The first kappa shape index (κ1) is 21.5. The van der Waals surface area contributed by atoms with Gasteiger partial charge in [-0.3, -0.25) is 4.79 Å². The van der Waals surface area contributed by atoms with E-state index in [1.54, 1.807) is 23.6 Å². The van der Waals surface area contributed by atoms with Gasteiger partial charge in [-0.15, -0.1) is 11.3 Å². The van der Waals surface area contributed by atoms with Crippen LogP contribution in [0.5, 0.6) is 0 Å². The highest BCUT2D eigenvalue weighted by Gasteiger charge is 2.23. The van der Waals surface area contributed by atoms with Crippen LogP contribution >= 0.6 is 11.3 Å². The first-order chi connectivity index (χ1) is 14.3. The average Bonchev–Trinajstić information content (AvgIpc) is 3.28. The molecule has 3 aromatic heterocycles. The molecule has 0 radical (unpaired) electrons. The second-order valence-corrected chi connectivity index (χ2v) is 7.68. The van der Waals surface area contributed by atoms with Crippen molar-refractivity contribution in [3.8, 4) is 0 Å². The molecule has 3 heterocycles. The quantitative estimate of drug-likeness (QED) is 0.577. The highest BCUT2D eigenvalue weighted by molar-refractivity contribution is 7.17. The monoisotopic (exact) mass is 429 g/mol. The Morgan fingerprint density at radius 1 is 1.13 bits per heavy atom. The van der Waals surface area contributed by atoms with Crippen LogP contribution in [0.3, 0.4) is 0 Å². The van der Waals surface area contributed by atoms with Crippen molar-refractivity contribution < 1.29 is 23.9 Å². The number of imidazole rings is 1. The van der Waals surface area contributed by atoms with Crippen molar-refractivity contribution in [2.75, 3.05) is 18.5 Å². The molecule has 1 amide bonds. The fraction of sp³-hybridized carbons (Fsp3) is 0.333.